The molecule has 2 fully saturated rings. The van der Waals surface area contributed by atoms with E-state index in [1.54, 1.807) is 0 Å². The minimum atomic E-state index is -5.37. The maximum absolute atomic E-state index is 14.0. The zero-order valence-corrected chi connectivity index (χ0v) is 19.9. The highest BCUT2D eigenvalue weighted by atomic mass is 19.4. The minimum Gasteiger partial charge on any atom is -0.407 e. The second-order valence-electron chi connectivity index (χ2n) is 8.76. The molecule has 14 heteroatoms. The van der Waals surface area contributed by atoms with E-state index in [0.29, 0.717) is 11.0 Å². The Hall–Kier alpha value is -3.55. The van der Waals surface area contributed by atoms with Crippen LogP contribution < -0.4 is 14.5 Å². The number of halogens is 7. The minimum absolute atomic E-state index is 0.00727. The molecule has 1 heterocycles. The Balaban J connectivity index is 1.71. The van der Waals surface area contributed by atoms with Gasteiger partial charge < -0.3 is 14.4 Å². The molecule has 0 atom stereocenters. The normalized spacial score (nSPS) is 16.3. The largest absolute Gasteiger partial charge is 0.420 e. The third-order valence-electron chi connectivity index (χ3n) is 6.00. The molecule has 206 valence electrons. The molecule has 2 aliphatic rings. The van der Waals surface area contributed by atoms with Crippen molar-refractivity contribution in [3.63, 3.8) is 0 Å². The van der Waals surface area contributed by atoms with Gasteiger partial charge in [-0.3, -0.25) is 9.80 Å². The topological polar surface area (TPSA) is 62.3 Å². The molecule has 0 radical (unpaired) electrons. The predicted molar refractivity (Wildman–Crippen MR) is 121 cm³/mol. The first-order valence-corrected chi connectivity index (χ1v) is 11.5. The molecule has 1 aliphatic carbocycles. The summed E-state index contributed by atoms with van der Waals surface area (Å²) in [4.78, 5) is 28.4. The molecule has 3 amide bonds. The van der Waals surface area contributed by atoms with Gasteiger partial charge in [0.25, 0.3) is 0 Å². The Morgan fingerprint density at radius 2 is 1.68 bits per heavy atom. The fraction of sp³-hybridized carbons (Fsp3) is 0.417. The van der Waals surface area contributed by atoms with Crippen LogP contribution in [0, 0.1) is 5.82 Å². The standard InChI is InChI=1S/C24H22F7N3O4/c1-32(16-4-2-15(25)3-5-16)22(36)38-20-18(24(29,30)31)12-14(23(26,27)28)13-19(20)34-9-8-33(21(34)35)10-11-37-17-6-7-17/h2-5,12-13,17H,6-11H2,1H3. The van der Waals surface area contributed by atoms with E-state index in [9.17, 15) is 40.3 Å². The molecular weight excluding hydrogens is 527 g/mol. The zero-order chi connectivity index (χ0) is 27.8. The summed E-state index contributed by atoms with van der Waals surface area (Å²) >= 11 is 0. The molecule has 0 N–H and O–H groups in total. The van der Waals surface area contributed by atoms with Crippen LogP contribution in [0.4, 0.5) is 51.7 Å². The Morgan fingerprint density at radius 1 is 1.03 bits per heavy atom. The Morgan fingerprint density at radius 3 is 2.26 bits per heavy atom. The van der Waals surface area contributed by atoms with Crippen molar-refractivity contribution in [2.75, 3.05) is 43.1 Å². The predicted octanol–water partition coefficient (Wildman–Crippen LogP) is 5.92. The molecule has 1 aliphatic heterocycles. The Kier molecular flexibility index (Phi) is 7.46. The van der Waals surface area contributed by atoms with Crippen LogP contribution in [0.2, 0.25) is 0 Å². The average molecular weight is 549 g/mol. The lowest BCUT2D eigenvalue weighted by molar-refractivity contribution is -0.143. The third-order valence-corrected chi connectivity index (χ3v) is 6.00. The van der Waals surface area contributed by atoms with Gasteiger partial charge in [-0.15, -0.1) is 0 Å². The van der Waals surface area contributed by atoms with Gasteiger partial charge in [0.2, 0.25) is 0 Å². The summed E-state index contributed by atoms with van der Waals surface area (Å²) in [5, 5.41) is 0. The van der Waals surface area contributed by atoms with Gasteiger partial charge in [0.15, 0.2) is 5.75 Å². The van der Waals surface area contributed by atoms with E-state index in [1.807, 2.05) is 0 Å². The summed E-state index contributed by atoms with van der Waals surface area (Å²) < 4.78 is 106. The van der Waals surface area contributed by atoms with Crippen molar-refractivity contribution in [2.45, 2.75) is 31.3 Å². The van der Waals surface area contributed by atoms with E-state index in [2.05, 4.69) is 0 Å². The van der Waals surface area contributed by atoms with Crippen molar-refractivity contribution >= 4 is 23.5 Å². The molecular formula is C24H22F7N3O4. The molecule has 0 bridgehead atoms. The van der Waals surface area contributed by atoms with Crippen LogP contribution in [-0.4, -0.2) is 56.4 Å². The number of amides is 3. The van der Waals surface area contributed by atoms with Crippen molar-refractivity contribution in [1.29, 1.82) is 0 Å². The molecule has 4 rings (SSSR count). The van der Waals surface area contributed by atoms with Gasteiger partial charge in [-0.05, 0) is 49.2 Å². The number of urea groups is 1. The maximum atomic E-state index is 14.0. The summed E-state index contributed by atoms with van der Waals surface area (Å²) in [6.07, 6.45) is -10.1. The lowest BCUT2D eigenvalue weighted by Gasteiger charge is -2.26. The molecule has 2 aromatic rings. The second kappa shape index (κ2) is 10.3. The van der Waals surface area contributed by atoms with Gasteiger partial charge in [-0.25, -0.2) is 14.0 Å². The van der Waals surface area contributed by atoms with Gasteiger partial charge in [-0.2, -0.15) is 26.3 Å². The van der Waals surface area contributed by atoms with E-state index < -0.39 is 52.9 Å². The first-order valence-electron chi connectivity index (χ1n) is 11.5. The van der Waals surface area contributed by atoms with E-state index in [-0.39, 0.29) is 44.1 Å². The molecule has 2 aromatic carbocycles. The summed E-state index contributed by atoms with van der Waals surface area (Å²) in [6.45, 7) is -0.00313. The number of ether oxygens (including phenoxy) is 2. The lowest BCUT2D eigenvalue weighted by Crippen LogP contribution is -2.35. The van der Waals surface area contributed by atoms with E-state index in [1.165, 1.54) is 4.90 Å². The third kappa shape index (κ3) is 6.11. The number of carbonyl (C=O) groups is 2. The highest BCUT2D eigenvalue weighted by molar-refractivity contribution is 5.97. The van der Waals surface area contributed by atoms with Crippen molar-refractivity contribution in [3.05, 3.63) is 53.3 Å². The second-order valence-corrected chi connectivity index (χ2v) is 8.76. The number of benzene rings is 2. The summed E-state index contributed by atoms with van der Waals surface area (Å²) in [5.41, 5.74) is -4.37. The van der Waals surface area contributed by atoms with Crippen molar-refractivity contribution in [3.8, 4) is 5.75 Å². The summed E-state index contributed by atoms with van der Waals surface area (Å²) in [7, 11) is 1.12. The number of nitrogens with zero attached hydrogens (tertiary/aromatic N) is 3. The maximum Gasteiger partial charge on any atom is 0.420 e. The Bertz CT molecular complexity index is 1200. The quantitative estimate of drug-likeness (QED) is 0.403. The van der Waals surface area contributed by atoms with E-state index in [0.717, 1.165) is 49.1 Å². The van der Waals surface area contributed by atoms with Crippen LogP contribution in [-0.2, 0) is 17.1 Å². The van der Waals surface area contributed by atoms with Gasteiger partial charge in [-0.1, -0.05) is 0 Å². The van der Waals surface area contributed by atoms with E-state index >= 15 is 0 Å². The number of anilines is 2. The molecule has 0 unspecified atom stereocenters. The number of rotatable bonds is 7. The van der Waals surface area contributed by atoms with Crippen molar-refractivity contribution in [2.24, 2.45) is 0 Å². The zero-order valence-electron chi connectivity index (χ0n) is 19.9. The van der Waals surface area contributed by atoms with Gasteiger partial charge in [0.05, 0.1) is 24.0 Å². The van der Waals surface area contributed by atoms with E-state index in [4.69, 9.17) is 9.47 Å². The SMILES string of the molecule is CN(C(=O)Oc1c(N2CCN(CCOC3CC3)C2=O)cc(C(F)(F)F)cc1C(F)(F)F)c1ccc(F)cc1. The fourth-order valence-corrected chi connectivity index (χ4v) is 3.80. The molecule has 7 nitrogen and oxygen atoms in total. The van der Waals surface area contributed by atoms with Crippen molar-refractivity contribution in [1.82, 2.24) is 4.90 Å². The molecule has 0 aromatic heterocycles. The number of hydrogen-bond acceptors (Lipinski definition) is 4. The fourth-order valence-electron chi connectivity index (χ4n) is 3.80. The van der Waals surface area contributed by atoms with Crippen LogP contribution in [0.3, 0.4) is 0 Å². The van der Waals surface area contributed by atoms with Gasteiger partial charge >= 0.3 is 24.5 Å². The van der Waals surface area contributed by atoms with Crippen LogP contribution in [0.1, 0.15) is 24.0 Å². The van der Waals surface area contributed by atoms with Crippen LogP contribution in [0.15, 0.2) is 36.4 Å². The summed E-state index contributed by atoms with van der Waals surface area (Å²) in [5.74, 6) is -1.89. The Labute approximate surface area is 212 Å². The van der Waals surface area contributed by atoms with Crippen molar-refractivity contribution < 1.29 is 49.8 Å². The highest BCUT2D eigenvalue weighted by Gasteiger charge is 2.44. The smallest absolute Gasteiger partial charge is 0.407 e. The molecule has 0 spiro atoms. The lowest BCUT2D eigenvalue weighted by atomic mass is 10.1. The number of hydrogen-bond donors (Lipinski definition) is 0. The van der Waals surface area contributed by atoms with Gasteiger partial charge in [0.1, 0.15) is 11.4 Å². The molecule has 1 saturated heterocycles. The first kappa shape index (κ1) is 27.5. The van der Waals surface area contributed by atoms with Crippen LogP contribution in [0.5, 0.6) is 5.75 Å². The summed E-state index contributed by atoms with van der Waals surface area (Å²) in [6, 6.07) is 3.61. The molecule has 1 saturated carbocycles. The number of carbonyl (C=O) groups excluding carboxylic acids is 2. The van der Waals surface area contributed by atoms with Gasteiger partial charge in [0, 0.05) is 32.4 Å². The monoisotopic (exact) mass is 549 g/mol. The highest BCUT2D eigenvalue weighted by Crippen LogP contribution is 2.47. The first-order chi connectivity index (χ1) is 17.8. The van der Waals surface area contributed by atoms with Crippen LogP contribution >= 0.6 is 0 Å². The molecule has 38 heavy (non-hydrogen) atoms. The average Bonchev–Trinajstić information content (AvgIpc) is 3.59. The number of alkyl halides is 6. The van der Waals surface area contributed by atoms with Crippen LogP contribution in [0.25, 0.3) is 0 Å².